The molecular formula is C18H24N4O5. The first kappa shape index (κ1) is 19.1. The lowest BCUT2D eigenvalue weighted by Crippen LogP contribution is -2.53. The quantitative estimate of drug-likeness (QED) is 0.478. The summed E-state index contributed by atoms with van der Waals surface area (Å²) in [7, 11) is 3.84. The number of amides is 3. The average Bonchev–Trinajstić information content (AvgIpc) is 2.77. The van der Waals surface area contributed by atoms with Gasteiger partial charge in [-0.3, -0.25) is 19.8 Å². The van der Waals surface area contributed by atoms with Crippen molar-refractivity contribution in [1.82, 2.24) is 15.1 Å². The van der Waals surface area contributed by atoms with Crippen LogP contribution in [0.25, 0.3) is 0 Å². The predicted molar refractivity (Wildman–Crippen MR) is 97.5 cm³/mol. The topological polar surface area (TPSA) is 105 Å². The van der Waals surface area contributed by atoms with Crippen molar-refractivity contribution in [2.24, 2.45) is 0 Å². The van der Waals surface area contributed by atoms with Crippen molar-refractivity contribution in [1.29, 1.82) is 0 Å². The normalized spacial score (nSPS) is 23.4. The van der Waals surface area contributed by atoms with Crippen molar-refractivity contribution in [2.45, 2.75) is 37.8 Å². The van der Waals surface area contributed by atoms with Crippen LogP contribution in [0.1, 0.15) is 32.3 Å². The van der Waals surface area contributed by atoms with Crippen LogP contribution in [0.5, 0.6) is 5.75 Å². The molecular weight excluding hydrogens is 352 g/mol. The van der Waals surface area contributed by atoms with Crippen LogP contribution < -0.4 is 10.1 Å². The van der Waals surface area contributed by atoms with Gasteiger partial charge in [-0.15, -0.1) is 0 Å². The van der Waals surface area contributed by atoms with Crippen LogP contribution >= 0.6 is 0 Å². The third-order valence-electron chi connectivity index (χ3n) is 4.87. The minimum atomic E-state index is -1.35. The molecule has 2 aliphatic rings. The van der Waals surface area contributed by atoms with Gasteiger partial charge in [0, 0.05) is 30.7 Å². The molecule has 2 aliphatic heterocycles. The molecule has 0 radical (unpaired) electrons. The number of fused-ring (bicyclic) bond motifs is 2. The van der Waals surface area contributed by atoms with Crippen LogP contribution in [0, 0.1) is 10.1 Å². The van der Waals surface area contributed by atoms with Crippen molar-refractivity contribution >= 4 is 17.6 Å². The Morgan fingerprint density at radius 1 is 1.33 bits per heavy atom. The maximum absolute atomic E-state index is 13.3. The highest BCUT2D eigenvalue weighted by atomic mass is 16.6. The highest BCUT2D eigenvalue weighted by Crippen LogP contribution is 2.47. The van der Waals surface area contributed by atoms with Gasteiger partial charge in [-0.2, -0.15) is 0 Å². The van der Waals surface area contributed by atoms with Gasteiger partial charge in [-0.05, 0) is 47.0 Å². The van der Waals surface area contributed by atoms with Crippen molar-refractivity contribution in [3.05, 3.63) is 33.9 Å². The number of nitrogens with one attached hydrogen (secondary N) is 1. The molecule has 3 rings (SSSR count). The fraction of sp³-hybridized carbons (Fsp3) is 0.556. The number of carbonyl (C=O) groups is 2. The minimum Gasteiger partial charge on any atom is -0.487 e. The van der Waals surface area contributed by atoms with E-state index in [1.165, 1.54) is 23.1 Å². The second kappa shape index (κ2) is 6.49. The summed E-state index contributed by atoms with van der Waals surface area (Å²) in [6.07, 6.45) is 0.840. The molecule has 1 N–H and O–H groups in total. The number of rotatable bonds is 5. The van der Waals surface area contributed by atoms with Crippen molar-refractivity contribution < 1.29 is 19.2 Å². The summed E-state index contributed by atoms with van der Waals surface area (Å²) in [6.45, 7) is 4.68. The molecule has 9 heteroatoms. The zero-order valence-electron chi connectivity index (χ0n) is 15.9. The minimum absolute atomic E-state index is 0.149. The molecule has 3 amide bonds. The van der Waals surface area contributed by atoms with E-state index in [9.17, 15) is 19.7 Å². The Balaban J connectivity index is 2.01. The number of carbonyl (C=O) groups excluding carboxylic acids is 2. The summed E-state index contributed by atoms with van der Waals surface area (Å²) in [6, 6.07) is 3.68. The van der Waals surface area contributed by atoms with E-state index >= 15 is 0 Å². The molecule has 1 unspecified atom stereocenters. The third kappa shape index (κ3) is 3.34. The number of imide groups is 1. The van der Waals surface area contributed by atoms with E-state index in [-0.39, 0.29) is 24.6 Å². The van der Waals surface area contributed by atoms with Crippen LogP contribution in [0.4, 0.5) is 10.5 Å². The maximum atomic E-state index is 13.3. The van der Waals surface area contributed by atoms with Gasteiger partial charge in [0.1, 0.15) is 11.4 Å². The van der Waals surface area contributed by atoms with E-state index < -0.39 is 22.1 Å². The van der Waals surface area contributed by atoms with Gasteiger partial charge in [-0.25, -0.2) is 4.79 Å². The second-order valence-corrected chi connectivity index (χ2v) is 7.93. The standard InChI is InChI=1S/C18H24N4O5/c1-17(2)11-18(13-10-12(22(25)26)6-7-14(13)27-17)15(23)21(16(24)19-18)9-5-8-20(3)4/h6-7,10H,5,8-9,11H2,1-4H3,(H,19,24). The summed E-state index contributed by atoms with van der Waals surface area (Å²) in [5.41, 5.74) is -1.88. The number of nitro benzene ring substituents is 1. The summed E-state index contributed by atoms with van der Waals surface area (Å²) < 4.78 is 5.92. The molecule has 0 aliphatic carbocycles. The second-order valence-electron chi connectivity index (χ2n) is 7.93. The molecule has 27 heavy (non-hydrogen) atoms. The smallest absolute Gasteiger partial charge is 0.325 e. The number of hydrogen-bond donors (Lipinski definition) is 1. The Hall–Kier alpha value is -2.68. The van der Waals surface area contributed by atoms with Gasteiger partial charge in [-0.1, -0.05) is 0 Å². The summed E-state index contributed by atoms with van der Waals surface area (Å²) in [5, 5.41) is 14.0. The zero-order valence-corrected chi connectivity index (χ0v) is 15.9. The van der Waals surface area contributed by atoms with E-state index in [0.29, 0.717) is 17.7 Å². The first-order valence-corrected chi connectivity index (χ1v) is 8.82. The number of urea groups is 1. The van der Waals surface area contributed by atoms with Crippen molar-refractivity contribution in [3.8, 4) is 5.75 Å². The molecule has 9 nitrogen and oxygen atoms in total. The van der Waals surface area contributed by atoms with Crippen LogP contribution in [0.2, 0.25) is 0 Å². The van der Waals surface area contributed by atoms with Gasteiger partial charge in [0.2, 0.25) is 0 Å². The molecule has 1 aromatic carbocycles. The Morgan fingerprint density at radius 2 is 2.04 bits per heavy atom. The zero-order chi connectivity index (χ0) is 20.0. The van der Waals surface area contributed by atoms with Gasteiger partial charge in [0.15, 0.2) is 5.54 Å². The molecule has 1 fully saturated rings. The van der Waals surface area contributed by atoms with Crippen LogP contribution in [-0.4, -0.2) is 59.4 Å². The number of non-ortho nitro benzene ring substituents is 1. The molecule has 0 saturated carbocycles. The van der Waals surface area contributed by atoms with Gasteiger partial charge in [0.05, 0.1) is 4.92 Å². The molecule has 146 valence electrons. The number of nitrogens with zero attached hydrogens (tertiary/aromatic N) is 3. The van der Waals surface area contributed by atoms with E-state index in [4.69, 9.17) is 4.74 Å². The number of nitro groups is 1. The van der Waals surface area contributed by atoms with E-state index in [2.05, 4.69) is 5.32 Å². The van der Waals surface area contributed by atoms with E-state index in [1.807, 2.05) is 32.8 Å². The molecule has 1 aromatic rings. The van der Waals surface area contributed by atoms with E-state index in [0.717, 1.165) is 6.54 Å². The average molecular weight is 376 g/mol. The van der Waals surface area contributed by atoms with Crippen LogP contribution in [0.15, 0.2) is 18.2 Å². The largest absolute Gasteiger partial charge is 0.487 e. The van der Waals surface area contributed by atoms with Gasteiger partial charge >= 0.3 is 6.03 Å². The SMILES string of the molecule is CN(C)CCCN1C(=O)NC2(CC(C)(C)Oc3ccc([N+](=O)[O-])cc32)C1=O. The third-order valence-corrected chi connectivity index (χ3v) is 4.87. The molecule has 0 bridgehead atoms. The summed E-state index contributed by atoms with van der Waals surface area (Å²) >= 11 is 0. The lowest BCUT2D eigenvalue weighted by Gasteiger charge is -2.42. The lowest BCUT2D eigenvalue weighted by molar-refractivity contribution is -0.385. The number of ether oxygens (including phenoxy) is 1. The fourth-order valence-electron chi connectivity index (χ4n) is 3.80. The highest BCUT2D eigenvalue weighted by molar-refractivity contribution is 6.08. The Kier molecular flexibility index (Phi) is 4.59. The molecule has 1 atom stereocenters. The van der Waals surface area contributed by atoms with Crippen LogP contribution in [-0.2, 0) is 10.3 Å². The van der Waals surface area contributed by atoms with Gasteiger partial charge < -0.3 is 15.0 Å². The molecule has 2 heterocycles. The maximum Gasteiger partial charge on any atom is 0.325 e. The van der Waals surface area contributed by atoms with Crippen molar-refractivity contribution in [2.75, 3.05) is 27.2 Å². The first-order chi connectivity index (χ1) is 12.6. The fourth-order valence-corrected chi connectivity index (χ4v) is 3.80. The lowest BCUT2D eigenvalue weighted by atomic mass is 9.77. The van der Waals surface area contributed by atoms with Crippen molar-refractivity contribution in [3.63, 3.8) is 0 Å². The Bertz CT molecular complexity index is 807. The number of benzene rings is 1. The Morgan fingerprint density at radius 3 is 2.67 bits per heavy atom. The van der Waals surface area contributed by atoms with Gasteiger partial charge in [0.25, 0.3) is 11.6 Å². The Labute approximate surface area is 157 Å². The molecule has 1 saturated heterocycles. The summed E-state index contributed by atoms with van der Waals surface area (Å²) in [4.78, 5) is 39.7. The summed E-state index contributed by atoms with van der Waals surface area (Å²) in [5.74, 6) is -0.00924. The molecule has 0 aromatic heterocycles. The predicted octanol–water partition coefficient (Wildman–Crippen LogP) is 1.85. The first-order valence-electron chi connectivity index (χ1n) is 8.82. The number of hydrogen-bond acceptors (Lipinski definition) is 6. The monoisotopic (exact) mass is 376 g/mol. The van der Waals surface area contributed by atoms with Crippen LogP contribution in [0.3, 0.4) is 0 Å². The van der Waals surface area contributed by atoms with E-state index in [1.54, 1.807) is 0 Å². The highest BCUT2D eigenvalue weighted by Gasteiger charge is 2.58. The molecule has 1 spiro atoms.